The Hall–Kier alpha value is -0.220. The highest BCUT2D eigenvalue weighted by Gasteiger charge is 2.41. The molecule has 0 aromatic carbocycles. The first-order chi connectivity index (χ1) is 4.15. The minimum Gasteiger partial charge on any atom is -0.381 e. The summed E-state index contributed by atoms with van der Waals surface area (Å²) in [5.74, 6) is 0. The van der Waals surface area contributed by atoms with E-state index < -0.39 is 12.0 Å². The van der Waals surface area contributed by atoms with E-state index in [1.165, 1.54) is 0 Å². The average molecular weight is 138 g/mol. The first-order valence-electron chi connectivity index (χ1n) is 2.73. The summed E-state index contributed by atoms with van der Waals surface area (Å²) in [7, 11) is 0. The zero-order chi connectivity index (χ0) is 6.91. The molecule has 0 aromatic rings. The third kappa shape index (κ3) is 1.19. The first-order valence-corrected chi connectivity index (χ1v) is 2.73. The fourth-order valence-corrected chi connectivity index (χ4v) is 0.742. The summed E-state index contributed by atoms with van der Waals surface area (Å²) in [4.78, 5) is 0. The third-order valence-corrected chi connectivity index (χ3v) is 1.44. The Bertz CT molecular complexity index is 99.1. The van der Waals surface area contributed by atoms with Gasteiger partial charge in [0.1, 0.15) is 0 Å². The van der Waals surface area contributed by atoms with Gasteiger partial charge in [0.05, 0.1) is 6.61 Å². The van der Waals surface area contributed by atoms with Gasteiger partial charge < -0.3 is 9.84 Å². The molecule has 54 valence electrons. The molecular formula is C5H8F2O2. The lowest BCUT2D eigenvalue weighted by Crippen LogP contribution is -2.37. The van der Waals surface area contributed by atoms with E-state index >= 15 is 0 Å². The molecule has 0 amide bonds. The quantitative estimate of drug-likeness (QED) is 0.568. The molecule has 0 saturated carbocycles. The number of rotatable bonds is 1. The van der Waals surface area contributed by atoms with E-state index in [0.717, 1.165) is 0 Å². The number of hydrogen-bond acceptors (Lipinski definition) is 2. The molecule has 1 aliphatic heterocycles. The van der Waals surface area contributed by atoms with Gasteiger partial charge >= 0.3 is 0 Å². The highest BCUT2D eigenvalue weighted by Crippen LogP contribution is 2.25. The van der Waals surface area contributed by atoms with Crippen LogP contribution in [0.4, 0.5) is 8.78 Å². The molecule has 1 fully saturated rings. The largest absolute Gasteiger partial charge is 0.381 e. The number of halogens is 2. The van der Waals surface area contributed by atoms with Crippen LogP contribution >= 0.6 is 0 Å². The van der Waals surface area contributed by atoms with Crippen LogP contribution in [0.3, 0.4) is 0 Å². The van der Waals surface area contributed by atoms with Crippen LogP contribution in [-0.4, -0.2) is 30.3 Å². The summed E-state index contributed by atoms with van der Waals surface area (Å²) < 4.78 is 28.2. The molecule has 1 aliphatic rings. The van der Waals surface area contributed by atoms with E-state index in [1.54, 1.807) is 0 Å². The normalized spacial score (nSPS) is 36.0. The number of aliphatic hydroxyl groups is 1. The van der Waals surface area contributed by atoms with Gasteiger partial charge in [0.15, 0.2) is 5.60 Å². The molecule has 9 heavy (non-hydrogen) atoms. The molecule has 0 radical (unpaired) electrons. The molecule has 1 rings (SSSR count). The van der Waals surface area contributed by atoms with Gasteiger partial charge in [-0.15, -0.1) is 0 Å². The Kier molecular flexibility index (Phi) is 1.68. The monoisotopic (exact) mass is 138 g/mol. The van der Waals surface area contributed by atoms with E-state index in [9.17, 15) is 8.78 Å². The maximum Gasteiger partial charge on any atom is 0.269 e. The van der Waals surface area contributed by atoms with Gasteiger partial charge in [0, 0.05) is 13.0 Å². The van der Waals surface area contributed by atoms with Crippen molar-refractivity contribution >= 4 is 0 Å². The number of hydrogen-bond donors (Lipinski definition) is 1. The predicted octanol–water partition coefficient (Wildman–Crippen LogP) is 0.403. The van der Waals surface area contributed by atoms with Crippen molar-refractivity contribution in [3.63, 3.8) is 0 Å². The van der Waals surface area contributed by atoms with Crippen molar-refractivity contribution in [3.8, 4) is 0 Å². The van der Waals surface area contributed by atoms with Crippen LogP contribution in [0.25, 0.3) is 0 Å². The standard InChI is InChI=1S/C5H8F2O2/c6-4(7)5(8)1-2-9-3-5/h4,8H,1-3H2/t5-/m0/s1. The summed E-state index contributed by atoms with van der Waals surface area (Å²) in [6.07, 6.45) is -2.63. The van der Waals surface area contributed by atoms with Gasteiger partial charge in [-0.2, -0.15) is 0 Å². The second kappa shape index (κ2) is 2.19. The number of alkyl halides is 2. The van der Waals surface area contributed by atoms with E-state index in [-0.39, 0.29) is 19.6 Å². The summed E-state index contributed by atoms with van der Waals surface area (Å²) in [5, 5.41) is 8.89. The Labute approximate surface area is 51.4 Å². The van der Waals surface area contributed by atoms with Gasteiger partial charge in [-0.3, -0.25) is 0 Å². The van der Waals surface area contributed by atoms with E-state index in [2.05, 4.69) is 4.74 Å². The minimum absolute atomic E-state index is 0.0463. The van der Waals surface area contributed by atoms with E-state index in [1.807, 2.05) is 0 Å². The Morgan fingerprint density at radius 3 is 2.44 bits per heavy atom. The third-order valence-electron chi connectivity index (χ3n) is 1.44. The van der Waals surface area contributed by atoms with Crippen molar-refractivity contribution in [1.82, 2.24) is 0 Å². The van der Waals surface area contributed by atoms with Crippen LogP contribution < -0.4 is 0 Å². The molecule has 0 spiro atoms. The fraction of sp³-hybridized carbons (Fsp3) is 1.00. The van der Waals surface area contributed by atoms with Gasteiger partial charge in [-0.1, -0.05) is 0 Å². The predicted molar refractivity (Wildman–Crippen MR) is 26.4 cm³/mol. The average Bonchev–Trinajstić information content (AvgIpc) is 2.16. The lowest BCUT2D eigenvalue weighted by Gasteiger charge is -2.17. The molecule has 1 atom stereocenters. The van der Waals surface area contributed by atoms with Gasteiger partial charge in [-0.25, -0.2) is 8.78 Å². The van der Waals surface area contributed by atoms with Gasteiger partial charge in [0.2, 0.25) is 0 Å². The molecule has 1 heterocycles. The highest BCUT2D eigenvalue weighted by molar-refractivity contribution is 4.84. The molecular weight excluding hydrogens is 130 g/mol. The molecule has 0 aromatic heterocycles. The molecule has 0 unspecified atom stereocenters. The fourth-order valence-electron chi connectivity index (χ4n) is 0.742. The topological polar surface area (TPSA) is 29.5 Å². The molecule has 2 nitrogen and oxygen atoms in total. The molecule has 1 saturated heterocycles. The maximum absolute atomic E-state index is 11.8. The Morgan fingerprint density at radius 2 is 2.22 bits per heavy atom. The summed E-state index contributed by atoms with van der Waals surface area (Å²) in [6, 6.07) is 0. The van der Waals surface area contributed by atoms with Crippen molar-refractivity contribution in [1.29, 1.82) is 0 Å². The summed E-state index contributed by atoms with van der Waals surface area (Å²) in [5.41, 5.74) is -1.86. The second-order valence-electron chi connectivity index (χ2n) is 2.21. The molecule has 0 aliphatic carbocycles. The Balaban J connectivity index is 2.51. The zero-order valence-corrected chi connectivity index (χ0v) is 4.81. The number of ether oxygens (including phenoxy) is 1. The summed E-state index contributed by atoms with van der Waals surface area (Å²) >= 11 is 0. The van der Waals surface area contributed by atoms with Crippen molar-refractivity contribution in [2.24, 2.45) is 0 Å². The van der Waals surface area contributed by atoms with Gasteiger partial charge in [-0.05, 0) is 0 Å². The lowest BCUT2D eigenvalue weighted by molar-refractivity contribution is -0.0958. The van der Waals surface area contributed by atoms with E-state index in [0.29, 0.717) is 0 Å². The van der Waals surface area contributed by atoms with Crippen LogP contribution in [0, 0.1) is 0 Å². The minimum atomic E-state index is -2.68. The van der Waals surface area contributed by atoms with Crippen molar-refractivity contribution < 1.29 is 18.6 Å². The van der Waals surface area contributed by atoms with E-state index in [4.69, 9.17) is 5.11 Å². The lowest BCUT2D eigenvalue weighted by atomic mass is 10.1. The summed E-state index contributed by atoms with van der Waals surface area (Å²) in [6.45, 7) is 0.00546. The zero-order valence-electron chi connectivity index (χ0n) is 4.81. The Morgan fingerprint density at radius 1 is 1.56 bits per heavy atom. The SMILES string of the molecule is O[C@@]1(C(F)F)CCOC1. The van der Waals surface area contributed by atoms with Crippen molar-refractivity contribution in [2.45, 2.75) is 18.4 Å². The maximum atomic E-state index is 11.8. The van der Waals surface area contributed by atoms with Crippen LogP contribution in [-0.2, 0) is 4.74 Å². The molecule has 0 bridgehead atoms. The molecule has 4 heteroatoms. The van der Waals surface area contributed by atoms with Crippen LogP contribution in [0.1, 0.15) is 6.42 Å². The van der Waals surface area contributed by atoms with Crippen molar-refractivity contribution in [2.75, 3.05) is 13.2 Å². The van der Waals surface area contributed by atoms with Gasteiger partial charge in [0.25, 0.3) is 6.43 Å². The molecule has 1 N–H and O–H groups in total. The van der Waals surface area contributed by atoms with Crippen LogP contribution in [0.2, 0.25) is 0 Å². The van der Waals surface area contributed by atoms with Crippen molar-refractivity contribution in [3.05, 3.63) is 0 Å². The van der Waals surface area contributed by atoms with Crippen LogP contribution in [0.15, 0.2) is 0 Å². The second-order valence-corrected chi connectivity index (χ2v) is 2.21. The highest BCUT2D eigenvalue weighted by atomic mass is 19.3. The van der Waals surface area contributed by atoms with Crippen LogP contribution in [0.5, 0.6) is 0 Å². The smallest absolute Gasteiger partial charge is 0.269 e. The first kappa shape index (κ1) is 6.89.